The number of hydrogen-bond acceptors (Lipinski definition) is 2. The van der Waals surface area contributed by atoms with E-state index in [2.05, 4.69) is 36.6 Å². The van der Waals surface area contributed by atoms with Gasteiger partial charge in [-0.15, -0.1) is 11.3 Å². The molecule has 2 rings (SSSR count). The lowest BCUT2D eigenvalue weighted by molar-refractivity contribution is 0.414. The second-order valence-corrected chi connectivity index (χ2v) is 4.11. The minimum atomic E-state index is 0.919. The number of hydrogen-bond donors (Lipinski definition) is 0. The van der Waals surface area contributed by atoms with Gasteiger partial charge in [0.25, 0.3) is 0 Å². The first-order chi connectivity index (χ1) is 6.81. The second-order valence-electron chi connectivity index (χ2n) is 3.16. The fraction of sp³-hybridized carbons (Fsp3) is 0.167. The Labute approximate surface area is 88.0 Å². The van der Waals surface area contributed by atoms with Crippen molar-refractivity contribution in [1.29, 1.82) is 0 Å². The standard InChI is InChI=1S/C12H12OS/c1-9-8-10(13-2)5-6-11(9)12-4-3-7-14-12/h3-8H,1-2H3. The van der Waals surface area contributed by atoms with Gasteiger partial charge in [0.2, 0.25) is 0 Å². The van der Waals surface area contributed by atoms with Gasteiger partial charge in [0.15, 0.2) is 0 Å². The van der Waals surface area contributed by atoms with Gasteiger partial charge in [-0.3, -0.25) is 0 Å². The molecule has 14 heavy (non-hydrogen) atoms. The van der Waals surface area contributed by atoms with Crippen molar-refractivity contribution >= 4 is 11.3 Å². The van der Waals surface area contributed by atoms with Crippen LogP contribution in [0, 0.1) is 6.92 Å². The molecule has 0 spiro atoms. The van der Waals surface area contributed by atoms with E-state index in [1.165, 1.54) is 16.0 Å². The Morgan fingerprint density at radius 3 is 2.64 bits per heavy atom. The third-order valence-corrected chi connectivity index (χ3v) is 3.12. The van der Waals surface area contributed by atoms with Crippen LogP contribution in [0.5, 0.6) is 5.75 Å². The maximum Gasteiger partial charge on any atom is 0.119 e. The van der Waals surface area contributed by atoms with Crippen LogP contribution in [0.25, 0.3) is 10.4 Å². The fourth-order valence-electron chi connectivity index (χ4n) is 1.47. The summed E-state index contributed by atoms with van der Waals surface area (Å²) in [5.41, 5.74) is 2.55. The van der Waals surface area contributed by atoms with Gasteiger partial charge in [-0.25, -0.2) is 0 Å². The van der Waals surface area contributed by atoms with Crippen molar-refractivity contribution in [3.05, 3.63) is 41.3 Å². The van der Waals surface area contributed by atoms with Crippen molar-refractivity contribution in [3.8, 4) is 16.2 Å². The maximum atomic E-state index is 5.17. The van der Waals surface area contributed by atoms with Gasteiger partial charge < -0.3 is 4.74 Å². The van der Waals surface area contributed by atoms with Crippen molar-refractivity contribution in [2.45, 2.75) is 6.92 Å². The number of methoxy groups -OCH3 is 1. The molecule has 1 heterocycles. The predicted molar refractivity (Wildman–Crippen MR) is 61.0 cm³/mol. The van der Waals surface area contributed by atoms with Crippen LogP contribution in [0.15, 0.2) is 35.7 Å². The minimum Gasteiger partial charge on any atom is -0.497 e. The highest BCUT2D eigenvalue weighted by atomic mass is 32.1. The van der Waals surface area contributed by atoms with Gasteiger partial charge in [-0.05, 0) is 47.7 Å². The summed E-state index contributed by atoms with van der Waals surface area (Å²) in [6.07, 6.45) is 0. The highest BCUT2D eigenvalue weighted by Crippen LogP contribution is 2.29. The predicted octanol–water partition coefficient (Wildman–Crippen LogP) is 3.73. The number of ether oxygens (including phenoxy) is 1. The fourth-order valence-corrected chi connectivity index (χ4v) is 2.29. The van der Waals surface area contributed by atoms with E-state index >= 15 is 0 Å². The molecule has 0 bridgehead atoms. The first kappa shape index (κ1) is 9.28. The molecule has 2 heteroatoms. The number of aryl methyl sites for hydroxylation is 1. The molecule has 0 amide bonds. The van der Waals surface area contributed by atoms with Crippen LogP contribution in [0.3, 0.4) is 0 Å². The van der Waals surface area contributed by atoms with Crippen LogP contribution in [-0.4, -0.2) is 7.11 Å². The summed E-state index contributed by atoms with van der Waals surface area (Å²) >= 11 is 1.76. The third-order valence-electron chi connectivity index (χ3n) is 2.22. The summed E-state index contributed by atoms with van der Waals surface area (Å²) in [7, 11) is 1.69. The van der Waals surface area contributed by atoms with Gasteiger partial charge in [-0.1, -0.05) is 6.07 Å². The number of thiophene rings is 1. The molecule has 0 radical (unpaired) electrons. The van der Waals surface area contributed by atoms with Crippen molar-refractivity contribution in [1.82, 2.24) is 0 Å². The molecular formula is C12H12OS. The zero-order valence-corrected chi connectivity index (χ0v) is 9.10. The Morgan fingerprint density at radius 1 is 1.21 bits per heavy atom. The molecule has 0 fully saturated rings. The summed E-state index contributed by atoms with van der Waals surface area (Å²) < 4.78 is 5.17. The first-order valence-corrected chi connectivity index (χ1v) is 5.38. The monoisotopic (exact) mass is 204 g/mol. The normalized spacial score (nSPS) is 10.1. The molecule has 0 aliphatic heterocycles. The molecule has 2 aromatic rings. The van der Waals surface area contributed by atoms with E-state index in [1.807, 2.05) is 6.07 Å². The van der Waals surface area contributed by atoms with Gasteiger partial charge in [0, 0.05) is 4.88 Å². The molecule has 0 unspecified atom stereocenters. The zero-order valence-electron chi connectivity index (χ0n) is 8.28. The van der Waals surface area contributed by atoms with E-state index in [4.69, 9.17) is 4.74 Å². The van der Waals surface area contributed by atoms with Gasteiger partial charge in [0.1, 0.15) is 5.75 Å². The summed E-state index contributed by atoms with van der Waals surface area (Å²) in [6.45, 7) is 2.11. The Bertz CT molecular complexity index is 418. The van der Waals surface area contributed by atoms with Crippen molar-refractivity contribution < 1.29 is 4.74 Å². The molecule has 0 atom stereocenters. The Kier molecular flexibility index (Phi) is 2.55. The molecule has 1 aromatic carbocycles. The van der Waals surface area contributed by atoms with Gasteiger partial charge in [0.05, 0.1) is 7.11 Å². The molecule has 0 aliphatic rings. The quantitative estimate of drug-likeness (QED) is 0.724. The van der Waals surface area contributed by atoms with E-state index in [-0.39, 0.29) is 0 Å². The highest BCUT2D eigenvalue weighted by Gasteiger charge is 2.03. The largest absolute Gasteiger partial charge is 0.497 e. The molecule has 1 aromatic heterocycles. The topological polar surface area (TPSA) is 9.23 Å². The van der Waals surface area contributed by atoms with Crippen LogP contribution in [0.1, 0.15) is 5.56 Å². The maximum absolute atomic E-state index is 5.17. The lowest BCUT2D eigenvalue weighted by atomic mass is 10.1. The molecule has 0 N–H and O–H groups in total. The lowest BCUT2D eigenvalue weighted by Crippen LogP contribution is -1.85. The number of rotatable bonds is 2. The molecule has 1 nitrogen and oxygen atoms in total. The Morgan fingerprint density at radius 2 is 2.07 bits per heavy atom. The minimum absolute atomic E-state index is 0.919. The zero-order chi connectivity index (χ0) is 9.97. The van der Waals surface area contributed by atoms with Crippen molar-refractivity contribution in [3.63, 3.8) is 0 Å². The van der Waals surface area contributed by atoms with E-state index in [0.717, 1.165) is 5.75 Å². The Balaban J connectivity index is 2.46. The molecule has 0 aliphatic carbocycles. The van der Waals surface area contributed by atoms with E-state index < -0.39 is 0 Å². The smallest absolute Gasteiger partial charge is 0.119 e. The van der Waals surface area contributed by atoms with E-state index in [0.29, 0.717) is 0 Å². The molecule has 0 saturated heterocycles. The van der Waals surface area contributed by atoms with Crippen LogP contribution in [0.2, 0.25) is 0 Å². The Hall–Kier alpha value is -1.28. The summed E-state index contributed by atoms with van der Waals surface area (Å²) in [6, 6.07) is 10.4. The average molecular weight is 204 g/mol. The van der Waals surface area contributed by atoms with Crippen molar-refractivity contribution in [2.24, 2.45) is 0 Å². The molecular weight excluding hydrogens is 192 g/mol. The third kappa shape index (κ3) is 1.66. The first-order valence-electron chi connectivity index (χ1n) is 4.50. The van der Waals surface area contributed by atoms with Crippen LogP contribution >= 0.6 is 11.3 Å². The number of benzene rings is 1. The van der Waals surface area contributed by atoms with Crippen LogP contribution in [-0.2, 0) is 0 Å². The van der Waals surface area contributed by atoms with Crippen molar-refractivity contribution in [2.75, 3.05) is 7.11 Å². The summed E-state index contributed by atoms with van der Waals surface area (Å²) in [5.74, 6) is 0.919. The van der Waals surface area contributed by atoms with Gasteiger partial charge >= 0.3 is 0 Å². The molecule has 0 saturated carbocycles. The second kappa shape index (κ2) is 3.84. The SMILES string of the molecule is COc1ccc(-c2cccs2)c(C)c1. The average Bonchev–Trinajstić information content (AvgIpc) is 2.70. The lowest BCUT2D eigenvalue weighted by Gasteiger charge is -2.05. The van der Waals surface area contributed by atoms with Gasteiger partial charge in [-0.2, -0.15) is 0 Å². The van der Waals surface area contributed by atoms with E-state index in [1.54, 1.807) is 18.4 Å². The van der Waals surface area contributed by atoms with Crippen LogP contribution < -0.4 is 4.74 Å². The summed E-state index contributed by atoms with van der Waals surface area (Å²) in [5, 5.41) is 2.10. The highest BCUT2D eigenvalue weighted by molar-refractivity contribution is 7.13. The van der Waals surface area contributed by atoms with Crippen LogP contribution in [0.4, 0.5) is 0 Å². The van der Waals surface area contributed by atoms with E-state index in [9.17, 15) is 0 Å². The summed E-state index contributed by atoms with van der Waals surface area (Å²) in [4.78, 5) is 1.31. The molecule has 72 valence electrons.